The predicted molar refractivity (Wildman–Crippen MR) is 113 cm³/mol. The second-order valence-electron chi connectivity index (χ2n) is 7.16. The second kappa shape index (κ2) is 9.65. The number of hydrogen-bond donors (Lipinski definition) is 0. The highest BCUT2D eigenvalue weighted by Crippen LogP contribution is 2.27. The quantitative estimate of drug-likeness (QED) is 0.494. The highest BCUT2D eigenvalue weighted by Gasteiger charge is 2.18. The van der Waals surface area contributed by atoms with E-state index in [-0.39, 0.29) is 11.7 Å². The Morgan fingerprint density at radius 1 is 1.24 bits per heavy atom. The number of furan rings is 1. The van der Waals surface area contributed by atoms with Gasteiger partial charge in [0.25, 0.3) is 0 Å². The average molecular weight is 415 g/mol. The van der Waals surface area contributed by atoms with Crippen molar-refractivity contribution in [1.29, 1.82) is 0 Å². The third kappa shape index (κ3) is 5.41. The molecular weight excluding hydrogens is 388 g/mol. The number of nitrogens with zero attached hydrogens (tertiary/aromatic N) is 4. The van der Waals surface area contributed by atoms with Crippen LogP contribution in [0.5, 0.6) is 5.75 Å². The first-order valence-corrected chi connectivity index (χ1v) is 10.4. The molecule has 0 saturated heterocycles. The number of carbonyl (C=O) groups is 1. The van der Waals surface area contributed by atoms with Crippen molar-refractivity contribution in [2.45, 2.75) is 32.1 Å². The minimum absolute atomic E-state index is 0.0106. The smallest absolute Gasteiger partial charge is 0.233 e. The van der Waals surface area contributed by atoms with Gasteiger partial charge in [-0.25, -0.2) is 0 Å². The summed E-state index contributed by atoms with van der Waals surface area (Å²) in [5, 5.41) is 9.48. The van der Waals surface area contributed by atoms with Crippen LogP contribution in [0.3, 0.4) is 0 Å². The average Bonchev–Trinajstić information content (AvgIpc) is 3.36. The largest absolute Gasteiger partial charge is 0.497 e. The number of carbonyl (C=O) groups excluding carboxylic acids is 1. The van der Waals surface area contributed by atoms with Crippen LogP contribution in [0.4, 0.5) is 0 Å². The van der Waals surface area contributed by atoms with E-state index in [1.54, 1.807) is 25.3 Å². The lowest BCUT2D eigenvalue weighted by Crippen LogP contribution is -2.27. The van der Waals surface area contributed by atoms with E-state index < -0.39 is 0 Å². The summed E-state index contributed by atoms with van der Waals surface area (Å²) in [6.45, 7) is 5.51. The summed E-state index contributed by atoms with van der Waals surface area (Å²) in [7, 11) is 3.41. The van der Waals surface area contributed by atoms with E-state index in [0.717, 1.165) is 34.6 Å². The number of ether oxygens (including phenoxy) is 1. The molecule has 0 radical (unpaired) electrons. The molecule has 1 aromatic carbocycles. The molecule has 0 aliphatic heterocycles. The SMILES string of the molecule is COc1ccc(-c2nnc(SCC(=O)N(C)Cc3ccco3)n2CC(C)C)cc1. The summed E-state index contributed by atoms with van der Waals surface area (Å²) in [6.07, 6.45) is 1.61. The molecular formula is C21H26N4O3S. The van der Waals surface area contributed by atoms with Gasteiger partial charge in [-0.2, -0.15) is 0 Å². The van der Waals surface area contributed by atoms with Gasteiger partial charge in [-0.1, -0.05) is 25.6 Å². The summed E-state index contributed by atoms with van der Waals surface area (Å²) >= 11 is 1.40. The van der Waals surface area contributed by atoms with Gasteiger partial charge in [0.2, 0.25) is 5.91 Å². The minimum atomic E-state index is 0.0106. The van der Waals surface area contributed by atoms with E-state index in [9.17, 15) is 4.79 Å². The topological polar surface area (TPSA) is 73.4 Å². The zero-order chi connectivity index (χ0) is 20.8. The van der Waals surface area contributed by atoms with Gasteiger partial charge in [-0.15, -0.1) is 10.2 Å². The molecule has 0 aliphatic carbocycles. The van der Waals surface area contributed by atoms with Crippen molar-refractivity contribution in [3.05, 3.63) is 48.4 Å². The van der Waals surface area contributed by atoms with Crippen molar-refractivity contribution in [3.63, 3.8) is 0 Å². The maximum atomic E-state index is 12.5. The van der Waals surface area contributed by atoms with Crippen LogP contribution in [0, 0.1) is 5.92 Å². The van der Waals surface area contributed by atoms with Crippen molar-refractivity contribution in [2.75, 3.05) is 19.9 Å². The summed E-state index contributed by atoms with van der Waals surface area (Å²) in [4.78, 5) is 14.2. The lowest BCUT2D eigenvalue weighted by Gasteiger charge is -2.16. The van der Waals surface area contributed by atoms with Crippen LogP contribution in [-0.4, -0.2) is 45.5 Å². The van der Waals surface area contributed by atoms with E-state index >= 15 is 0 Å². The number of benzene rings is 1. The molecule has 2 aromatic heterocycles. The molecule has 0 atom stereocenters. The van der Waals surface area contributed by atoms with Gasteiger partial charge in [0, 0.05) is 19.2 Å². The van der Waals surface area contributed by atoms with Gasteiger partial charge < -0.3 is 18.6 Å². The Kier molecular flexibility index (Phi) is 6.98. The van der Waals surface area contributed by atoms with E-state index in [4.69, 9.17) is 9.15 Å². The third-order valence-corrected chi connectivity index (χ3v) is 5.29. The number of aromatic nitrogens is 3. The first kappa shape index (κ1) is 21.0. The monoisotopic (exact) mass is 414 g/mol. The van der Waals surface area contributed by atoms with Crippen LogP contribution in [0.1, 0.15) is 19.6 Å². The molecule has 154 valence electrons. The predicted octanol–water partition coefficient (Wildman–Crippen LogP) is 3.95. The highest BCUT2D eigenvalue weighted by molar-refractivity contribution is 7.99. The Morgan fingerprint density at radius 3 is 2.62 bits per heavy atom. The molecule has 0 aliphatic rings. The molecule has 3 aromatic rings. The van der Waals surface area contributed by atoms with Gasteiger partial charge in [0.15, 0.2) is 11.0 Å². The van der Waals surface area contributed by atoms with Crippen molar-refractivity contribution < 1.29 is 13.9 Å². The van der Waals surface area contributed by atoms with Crippen LogP contribution >= 0.6 is 11.8 Å². The van der Waals surface area contributed by atoms with Crippen molar-refractivity contribution in [3.8, 4) is 17.1 Å². The maximum absolute atomic E-state index is 12.5. The van der Waals surface area contributed by atoms with Gasteiger partial charge >= 0.3 is 0 Å². The molecule has 0 saturated carbocycles. The molecule has 29 heavy (non-hydrogen) atoms. The third-order valence-electron chi connectivity index (χ3n) is 4.34. The van der Waals surface area contributed by atoms with E-state index in [2.05, 4.69) is 28.6 Å². The minimum Gasteiger partial charge on any atom is -0.497 e. The maximum Gasteiger partial charge on any atom is 0.233 e. The molecule has 0 bridgehead atoms. The molecule has 2 heterocycles. The number of amides is 1. The zero-order valence-electron chi connectivity index (χ0n) is 17.2. The molecule has 0 N–H and O–H groups in total. The first-order valence-electron chi connectivity index (χ1n) is 9.44. The molecule has 8 heteroatoms. The van der Waals surface area contributed by atoms with Crippen LogP contribution in [-0.2, 0) is 17.9 Å². The van der Waals surface area contributed by atoms with Crippen molar-refractivity contribution >= 4 is 17.7 Å². The Morgan fingerprint density at radius 2 is 2.00 bits per heavy atom. The van der Waals surface area contributed by atoms with E-state index in [1.807, 2.05) is 36.4 Å². The van der Waals surface area contributed by atoms with Gasteiger partial charge in [0.1, 0.15) is 11.5 Å². The summed E-state index contributed by atoms with van der Waals surface area (Å²) in [5.74, 6) is 3.06. The van der Waals surface area contributed by atoms with Crippen LogP contribution in [0.15, 0.2) is 52.2 Å². The summed E-state index contributed by atoms with van der Waals surface area (Å²) < 4.78 is 12.6. The molecule has 0 spiro atoms. The van der Waals surface area contributed by atoms with Crippen molar-refractivity contribution in [1.82, 2.24) is 19.7 Å². The summed E-state index contributed by atoms with van der Waals surface area (Å²) in [6, 6.07) is 11.4. The fraction of sp³-hybridized carbons (Fsp3) is 0.381. The van der Waals surface area contributed by atoms with Gasteiger partial charge in [-0.3, -0.25) is 4.79 Å². The number of rotatable bonds is 9. The normalized spacial score (nSPS) is 11.1. The Bertz CT molecular complexity index is 920. The second-order valence-corrected chi connectivity index (χ2v) is 8.10. The van der Waals surface area contributed by atoms with E-state index in [1.165, 1.54) is 11.8 Å². The number of thioether (sulfide) groups is 1. The Hall–Kier alpha value is -2.74. The fourth-order valence-corrected chi connectivity index (χ4v) is 3.73. The Labute approximate surface area is 175 Å². The van der Waals surface area contributed by atoms with Crippen molar-refractivity contribution in [2.24, 2.45) is 5.92 Å². The molecule has 7 nitrogen and oxygen atoms in total. The molecule has 1 amide bonds. The van der Waals surface area contributed by atoms with Gasteiger partial charge in [0.05, 0.1) is 25.7 Å². The fourth-order valence-electron chi connectivity index (χ4n) is 2.84. The van der Waals surface area contributed by atoms with E-state index in [0.29, 0.717) is 12.5 Å². The highest BCUT2D eigenvalue weighted by atomic mass is 32.2. The van der Waals surface area contributed by atoms with Crippen LogP contribution in [0.25, 0.3) is 11.4 Å². The lowest BCUT2D eigenvalue weighted by molar-refractivity contribution is -0.127. The first-order chi connectivity index (χ1) is 14.0. The standard InChI is InChI=1S/C21H26N4O3S/c1-15(2)12-25-20(16-7-9-17(27-4)10-8-16)22-23-21(25)29-14-19(26)24(3)13-18-6-5-11-28-18/h5-11,15H,12-14H2,1-4H3. The van der Waals surface area contributed by atoms with Crippen LogP contribution < -0.4 is 4.74 Å². The lowest BCUT2D eigenvalue weighted by atomic mass is 10.2. The molecule has 3 rings (SSSR count). The zero-order valence-corrected chi connectivity index (χ0v) is 18.0. The molecule has 0 fully saturated rings. The Balaban J connectivity index is 1.72. The summed E-state index contributed by atoms with van der Waals surface area (Å²) in [5.41, 5.74) is 0.965. The van der Waals surface area contributed by atoms with Crippen LogP contribution in [0.2, 0.25) is 0 Å². The number of methoxy groups -OCH3 is 1. The molecule has 0 unspecified atom stereocenters. The van der Waals surface area contributed by atoms with Gasteiger partial charge in [-0.05, 0) is 42.3 Å². The number of hydrogen-bond acceptors (Lipinski definition) is 6.